The lowest BCUT2D eigenvalue weighted by atomic mass is 10.1. The van der Waals surface area contributed by atoms with E-state index in [1.807, 2.05) is 0 Å². The summed E-state index contributed by atoms with van der Waals surface area (Å²) >= 11 is 0. The molecular weight excluding hydrogens is 136 g/mol. The minimum atomic E-state index is 0.990. The van der Waals surface area contributed by atoms with Gasteiger partial charge in [-0.3, -0.25) is 0 Å². The quantitative estimate of drug-likeness (QED) is 0.629. The highest BCUT2D eigenvalue weighted by Gasteiger charge is 1.97. The van der Waals surface area contributed by atoms with Crippen molar-refractivity contribution >= 4 is 0 Å². The molecule has 0 saturated carbocycles. The Hall–Kier alpha value is -0.980. The topological polar surface area (TPSA) is 9.23 Å². The fraction of sp³-hybridized carbons (Fsp3) is 0.400. The molecule has 0 N–H and O–H groups in total. The van der Waals surface area contributed by atoms with Gasteiger partial charge in [-0.15, -0.1) is 0 Å². The molecule has 0 aliphatic carbocycles. The lowest BCUT2D eigenvalue weighted by molar-refractivity contribution is 0.411. The second-order valence-electron chi connectivity index (χ2n) is 2.66. The van der Waals surface area contributed by atoms with Crippen molar-refractivity contribution < 1.29 is 4.74 Å². The summed E-state index contributed by atoms with van der Waals surface area (Å²) in [4.78, 5) is 0. The molecule has 1 aromatic rings. The van der Waals surface area contributed by atoms with Crippen LogP contribution in [0, 0.1) is 6.92 Å². The summed E-state index contributed by atoms with van der Waals surface area (Å²) in [5.74, 6) is 0.990. The van der Waals surface area contributed by atoms with Crippen molar-refractivity contribution in [3.8, 4) is 5.75 Å². The van der Waals surface area contributed by atoms with Crippen LogP contribution in [0.3, 0.4) is 0 Å². The van der Waals surface area contributed by atoms with Gasteiger partial charge in [-0.25, -0.2) is 0 Å². The van der Waals surface area contributed by atoms with Crippen LogP contribution in [0.4, 0.5) is 0 Å². The van der Waals surface area contributed by atoms with E-state index < -0.39 is 0 Å². The Morgan fingerprint density at radius 3 is 2.64 bits per heavy atom. The fourth-order valence-corrected chi connectivity index (χ4v) is 1.08. The lowest BCUT2D eigenvalue weighted by Gasteiger charge is -2.05. The van der Waals surface area contributed by atoms with Gasteiger partial charge < -0.3 is 4.74 Å². The molecule has 1 rings (SSSR count). The van der Waals surface area contributed by atoms with Crippen molar-refractivity contribution in [3.05, 3.63) is 29.3 Å². The minimum absolute atomic E-state index is 0.990. The van der Waals surface area contributed by atoms with E-state index >= 15 is 0 Å². The molecule has 0 atom stereocenters. The van der Waals surface area contributed by atoms with Gasteiger partial charge in [0, 0.05) is 0 Å². The van der Waals surface area contributed by atoms with E-state index in [1.54, 1.807) is 7.11 Å². The summed E-state index contributed by atoms with van der Waals surface area (Å²) < 4.78 is 5.19. The average Bonchev–Trinajstić information content (AvgIpc) is 2.05. The molecule has 0 radical (unpaired) electrons. The molecule has 1 heteroatoms. The van der Waals surface area contributed by atoms with Crippen LogP contribution in [0.2, 0.25) is 0 Å². The zero-order valence-corrected chi connectivity index (χ0v) is 7.35. The number of aryl methyl sites for hydroxylation is 2. The molecule has 1 aromatic carbocycles. The van der Waals surface area contributed by atoms with Crippen LogP contribution >= 0.6 is 0 Å². The predicted molar refractivity (Wildman–Crippen MR) is 47.1 cm³/mol. The number of benzene rings is 1. The molecule has 0 heterocycles. The van der Waals surface area contributed by atoms with E-state index in [9.17, 15) is 0 Å². The first kappa shape index (κ1) is 8.12. The van der Waals surface area contributed by atoms with Crippen LogP contribution in [0.1, 0.15) is 18.1 Å². The van der Waals surface area contributed by atoms with Crippen LogP contribution in [0.15, 0.2) is 18.2 Å². The third kappa shape index (κ3) is 1.73. The fourth-order valence-electron chi connectivity index (χ4n) is 1.08. The van der Waals surface area contributed by atoms with Crippen LogP contribution in [-0.2, 0) is 6.42 Å². The smallest absolute Gasteiger partial charge is 0.122 e. The summed E-state index contributed by atoms with van der Waals surface area (Å²) in [6, 6.07) is 6.32. The van der Waals surface area contributed by atoms with E-state index in [0.717, 1.165) is 12.2 Å². The highest BCUT2D eigenvalue weighted by Crippen LogP contribution is 2.18. The molecule has 11 heavy (non-hydrogen) atoms. The largest absolute Gasteiger partial charge is 0.496 e. The first-order chi connectivity index (χ1) is 5.27. The highest BCUT2D eigenvalue weighted by molar-refractivity contribution is 5.36. The molecule has 1 nitrogen and oxygen atoms in total. The SMILES string of the molecule is CCc1ccc(C)c(OC)c1. The summed E-state index contributed by atoms with van der Waals surface area (Å²) in [5.41, 5.74) is 2.53. The maximum Gasteiger partial charge on any atom is 0.122 e. The van der Waals surface area contributed by atoms with Gasteiger partial charge in [0.15, 0.2) is 0 Å². The number of hydrogen-bond donors (Lipinski definition) is 0. The van der Waals surface area contributed by atoms with Crippen molar-refractivity contribution in [2.75, 3.05) is 7.11 Å². The normalized spacial score (nSPS) is 9.73. The standard InChI is InChI=1S/C10H14O/c1-4-9-6-5-8(2)10(7-9)11-3/h5-7H,4H2,1-3H3. The first-order valence-electron chi connectivity index (χ1n) is 3.91. The van der Waals surface area contributed by atoms with Crippen LogP contribution in [-0.4, -0.2) is 7.11 Å². The van der Waals surface area contributed by atoms with Crippen molar-refractivity contribution in [1.82, 2.24) is 0 Å². The van der Waals surface area contributed by atoms with Crippen molar-refractivity contribution in [3.63, 3.8) is 0 Å². The molecule has 0 bridgehead atoms. The number of hydrogen-bond acceptors (Lipinski definition) is 1. The Morgan fingerprint density at radius 2 is 2.09 bits per heavy atom. The second kappa shape index (κ2) is 3.42. The van der Waals surface area contributed by atoms with E-state index in [-0.39, 0.29) is 0 Å². The Labute approximate surface area is 68.0 Å². The van der Waals surface area contributed by atoms with Gasteiger partial charge in [-0.2, -0.15) is 0 Å². The van der Waals surface area contributed by atoms with Gasteiger partial charge >= 0.3 is 0 Å². The molecule has 0 unspecified atom stereocenters. The van der Waals surface area contributed by atoms with E-state index in [0.29, 0.717) is 0 Å². The summed E-state index contributed by atoms with van der Waals surface area (Å²) in [7, 11) is 1.71. The molecule has 0 saturated heterocycles. The molecule has 60 valence electrons. The molecule has 0 spiro atoms. The maximum absolute atomic E-state index is 5.19. The van der Waals surface area contributed by atoms with Gasteiger partial charge in [0.1, 0.15) is 5.75 Å². The molecule has 0 fully saturated rings. The Bertz CT molecular complexity index is 241. The van der Waals surface area contributed by atoms with Crippen molar-refractivity contribution in [1.29, 1.82) is 0 Å². The number of ether oxygens (including phenoxy) is 1. The third-order valence-corrected chi connectivity index (χ3v) is 1.88. The zero-order valence-electron chi connectivity index (χ0n) is 7.35. The van der Waals surface area contributed by atoms with Gasteiger partial charge in [-0.1, -0.05) is 19.1 Å². The molecule has 0 aliphatic rings. The highest BCUT2D eigenvalue weighted by atomic mass is 16.5. The maximum atomic E-state index is 5.19. The summed E-state index contributed by atoms with van der Waals surface area (Å²) in [6.07, 6.45) is 1.07. The zero-order chi connectivity index (χ0) is 8.27. The van der Waals surface area contributed by atoms with E-state index in [2.05, 4.69) is 32.0 Å². The van der Waals surface area contributed by atoms with Gasteiger partial charge in [0.05, 0.1) is 7.11 Å². The molecular formula is C10H14O. The number of methoxy groups -OCH3 is 1. The van der Waals surface area contributed by atoms with E-state index in [4.69, 9.17) is 4.74 Å². The predicted octanol–water partition coefficient (Wildman–Crippen LogP) is 2.57. The van der Waals surface area contributed by atoms with Crippen molar-refractivity contribution in [2.24, 2.45) is 0 Å². The Balaban J connectivity index is 3.02. The summed E-state index contributed by atoms with van der Waals surface area (Å²) in [5, 5.41) is 0. The average molecular weight is 150 g/mol. The summed E-state index contributed by atoms with van der Waals surface area (Å²) in [6.45, 7) is 4.20. The Kier molecular flexibility index (Phi) is 2.53. The molecule has 0 aliphatic heterocycles. The Morgan fingerprint density at radius 1 is 1.36 bits per heavy atom. The molecule has 0 amide bonds. The van der Waals surface area contributed by atoms with Crippen LogP contribution in [0.25, 0.3) is 0 Å². The van der Waals surface area contributed by atoms with Gasteiger partial charge in [0.2, 0.25) is 0 Å². The minimum Gasteiger partial charge on any atom is -0.496 e. The lowest BCUT2D eigenvalue weighted by Crippen LogP contribution is -1.88. The number of rotatable bonds is 2. The van der Waals surface area contributed by atoms with Crippen LogP contribution < -0.4 is 4.74 Å². The van der Waals surface area contributed by atoms with Gasteiger partial charge in [-0.05, 0) is 30.5 Å². The van der Waals surface area contributed by atoms with Crippen LogP contribution in [0.5, 0.6) is 5.75 Å². The molecule has 0 aromatic heterocycles. The monoisotopic (exact) mass is 150 g/mol. The van der Waals surface area contributed by atoms with Crippen molar-refractivity contribution in [2.45, 2.75) is 20.3 Å². The third-order valence-electron chi connectivity index (χ3n) is 1.88. The van der Waals surface area contributed by atoms with Gasteiger partial charge in [0.25, 0.3) is 0 Å². The first-order valence-corrected chi connectivity index (χ1v) is 3.91. The van der Waals surface area contributed by atoms with E-state index in [1.165, 1.54) is 11.1 Å². The second-order valence-corrected chi connectivity index (χ2v) is 2.66.